The van der Waals surface area contributed by atoms with Gasteiger partial charge in [-0.15, -0.1) is 0 Å². The van der Waals surface area contributed by atoms with Crippen LogP contribution in [0.5, 0.6) is 5.75 Å². The van der Waals surface area contributed by atoms with Crippen LogP contribution >= 0.6 is 0 Å². The van der Waals surface area contributed by atoms with E-state index in [0.717, 1.165) is 5.69 Å². The van der Waals surface area contributed by atoms with Crippen molar-refractivity contribution in [2.75, 3.05) is 19.0 Å². The van der Waals surface area contributed by atoms with Gasteiger partial charge in [0, 0.05) is 22.7 Å². The quantitative estimate of drug-likeness (QED) is 0.718. The van der Waals surface area contributed by atoms with E-state index in [1.807, 2.05) is 18.2 Å². The summed E-state index contributed by atoms with van der Waals surface area (Å²) in [6, 6.07) is 11.5. The predicted molar refractivity (Wildman–Crippen MR) is 86.7 cm³/mol. The number of halogens is 1. The van der Waals surface area contributed by atoms with Crippen LogP contribution in [0, 0.1) is 12.7 Å². The van der Waals surface area contributed by atoms with Crippen LogP contribution in [0.2, 0.25) is 0 Å². The number of ketones is 1. The molecule has 1 heterocycles. The fourth-order valence-electron chi connectivity index (χ4n) is 2.45. The lowest BCUT2D eigenvalue weighted by Gasteiger charge is -2.06. The number of benzene rings is 2. The molecule has 3 aromatic rings. The summed E-state index contributed by atoms with van der Waals surface area (Å²) in [7, 11) is 1.58. The van der Waals surface area contributed by atoms with E-state index in [9.17, 15) is 9.18 Å². The van der Waals surface area contributed by atoms with Crippen molar-refractivity contribution in [2.45, 2.75) is 6.92 Å². The van der Waals surface area contributed by atoms with E-state index in [1.165, 1.54) is 18.2 Å². The number of methoxy groups -OCH3 is 1. The Bertz CT molecular complexity index is 870. The lowest BCUT2D eigenvalue weighted by molar-refractivity contribution is 0.0981. The van der Waals surface area contributed by atoms with Crippen molar-refractivity contribution in [2.24, 2.45) is 0 Å². The summed E-state index contributed by atoms with van der Waals surface area (Å²) in [6.07, 6.45) is 0. The zero-order valence-corrected chi connectivity index (χ0v) is 12.9. The van der Waals surface area contributed by atoms with Crippen LogP contribution in [0.15, 0.2) is 46.9 Å². The molecule has 2 aromatic carbocycles. The van der Waals surface area contributed by atoms with Crippen LogP contribution in [0.3, 0.4) is 0 Å². The topological polar surface area (TPSA) is 51.5 Å². The van der Waals surface area contributed by atoms with Gasteiger partial charge in [-0.3, -0.25) is 4.79 Å². The summed E-state index contributed by atoms with van der Waals surface area (Å²) in [6.45, 7) is 1.83. The molecule has 0 bridgehead atoms. The first-order chi connectivity index (χ1) is 11.1. The van der Waals surface area contributed by atoms with Gasteiger partial charge in [0.25, 0.3) is 0 Å². The number of ether oxygens (including phenoxy) is 1. The molecule has 1 aromatic heterocycles. The molecule has 0 fully saturated rings. The molecule has 0 atom stereocenters. The van der Waals surface area contributed by atoms with E-state index in [2.05, 4.69) is 5.32 Å². The first-order valence-corrected chi connectivity index (χ1v) is 7.18. The minimum absolute atomic E-state index is 0.0797. The minimum Gasteiger partial charge on any atom is -0.497 e. The number of carbonyl (C=O) groups is 1. The van der Waals surface area contributed by atoms with Crippen molar-refractivity contribution in [3.05, 3.63) is 59.6 Å². The molecule has 0 aliphatic rings. The number of Topliss-reactive ketones (excluding diaryl/α,β-unsaturated/α-hetero) is 1. The van der Waals surface area contributed by atoms with E-state index >= 15 is 0 Å². The Morgan fingerprint density at radius 3 is 2.87 bits per heavy atom. The maximum absolute atomic E-state index is 13.3. The van der Waals surface area contributed by atoms with Crippen LogP contribution in [0.4, 0.5) is 10.1 Å². The highest BCUT2D eigenvalue weighted by Gasteiger charge is 2.17. The third-order valence-corrected chi connectivity index (χ3v) is 3.67. The second-order valence-electron chi connectivity index (χ2n) is 5.21. The number of anilines is 1. The number of aryl methyl sites for hydroxylation is 1. The van der Waals surface area contributed by atoms with Gasteiger partial charge in [0.2, 0.25) is 5.78 Å². The Morgan fingerprint density at radius 1 is 1.26 bits per heavy atom. The lowest BCUT2D eigenvalue weighted by Crippen LogP contribution is -2.14. The number of nitrogens with one attached hydrogen (secondary N) is 1. The van der Waals surface area contributed by atoms with Crippen LogP contribution in [-0.4, -0.2) is 19.4 Å². The lowest BCUT2D eigenvalue weighted by atomic mass is 10.1. The predicted octanol–water partition coefficient (Wildman–Crippen LogP) is 4.18. The van der Waals surface area contributed by atoms with E-state index in [4.69, 9.17) is 9.15 Å². The van der Waals surface area contributed by atoms with Crippen molar-refractivity contribution in [3.63, 3.8) is 0 Å². The molecule has 0 amide bonds. The van der Waals surface area contributed by atoms with Crippen molar-refractivity contribution in [1.29, 1.82) is 0 Å². The first kappa shape index (κ1) is 15.1. The normalized spacial score (nSPS) is 10.7. The Labute approximate surface area is 132 Å². The third kappa shape index (κ3) is 3.04. The Hall–Kier alpha value is -2.82. The maximum atomic E-state index is 13.3. The van der Waals surface area contributed by atoms with Crippen molar-refractivity contribution < 1.29 is 18.3 Å². The Morgan fingerprint density at radius 2 is 2.09 bits per heavy atom. The molecule has 5 heteroatoms. The second kappa shape index (κ2) is 6.12. The molecule has 23 heavy (non-hydrogen) atoms. The summed E-state index contributed by atoms with van der Waals surface area (Å²) < 4.78 is 24.0. The fourth-order valence-corrected chi connectivity index (χ4v) is 2.45. The molecule has 0 saturated heterocycles. The van der Waals surface area contributed by atoms with Crippen molar-refractivity contribution in [1.82, 2.24) is 0 Å². The zero-order valence-electron chi connectivity index (χ0n) is 12.9. The van der Waals surface area contributed by atoms with Crippen LogP contribution in [0.25, 0.3) is 11.0 Å². The molecule has 0 unspecified atom stereocenters. The second-order valence-corrected chi connectivity index (χ2v) is 5.21. The van der Waals surface area contributed by atoms with Gasteiger partial charge in [-0.05, 0) is 37.3 Å². The van der Waals surface area contributed by atoms with E-state index < -0.39 is 0 Å². The van der Waals surface area contributed by atoms with Crippen LogP contribution in [-0.2, 0) is 0 Å². The highest BCUT2D eigenvalue weighted by molar-refractivity contribution is 6.02. The summed E-state index contributed by atoms with van der Waals surface area (Å²) in [4.78, 5) is 12.4. The van der Waals surface area contributed by atoms with Gasteiger partial charge in [-0.25, -0.2) is 4.39 Å². The number of rotatable bonds is 5. The molecule has 0 spiro atoms. The molecular formula is C18H16FNO3. The van der Waals surface area contributed by atoms with Gasteiger partial charge in [0.1, 0.15) is 17.1 Å². The summed E-state index contributed by atoms with van der Waals surface area (Å²) in [5.41, 5.74) is 1.93. The number of furan rings is 1. The molecule has 118 valence electrons. The third-order valence-electron chi connectivity index (χ3n) is 3.67. The maximum Gasteiger partial charge on any atom is 0.217 e. The number of carbonyl (C=O) groups excluding carboxylic acids is 1. The van der Waals surface area contributed by atoms with Crippen LogP contribution < -0.4 is 10.1 Å². The molecule has 3 rings (SSSR count). The molecule has 0 aliphatic heterocycles. The minimum atomic E-state index is -0.352. The van der Waals surface area contributed by atoms with Gasteiger partial charge in [0.05, 0.1) is 13.7 Å². The molecule has 0 aliphatic carbocycles. The standard InChI is InChI=1S/C18H16FNO3/c1-11-15-8-12(19)6-7-17(15)23-18(11)16(21)10-20-13-4-3-5-14(9-13)22-2/h3-9,20H,10H2,1-2H3. The Kier molecular flexibility index (Phi) is 4.02. The highest BCUT2D eigenvalue weighted by atomic mass is 19.1. The first-order valence-electron chi connectivity index (χ1n) is 7.18. The van der Waals surface area contributed by atoms with Gasteiger partial charge >= 0.3 is 0 Å². The highest BCUT2D eigenvalue weighted by Crippen LogP contribution is 2.26. The van der Waals surface area contributed by atoms with E-state index in [-0.39, 0.29) is 23.9 Å². The van der Waals surface area contributed by atoms with Gasteiger partial charge in [0.15, 0.2) is 5.76 Å². The van der Waals surface area contributed by atoms with E-state index in [1.54, 1.807) is 20.1 Å². The number of hydrogen-bond donors (Lipinski definition) is 1. The Balaban J connectivity index is 1.79. The van der Waals surface area contributed by atoms with Gasteiger partial charge in [-0.2, -0.15) is 0 Å². The molecule has 0 saturated carbocycles. The van der Waals surface area contributed by atoms with Gasteiger partial charge < -0.3 is 14.5 Å². The molecule has 0 radical (unpaired) electrons. The van der Waals surface area contributed by atoms with Crippen LogP contribution in [0.1, 0.15) is 16.1 Å². The monoisotopic (exact) mass is 313 g/mol. The number of hydrogen-bond acceptors (Lipinski definition) is 4. The van der Waals surface area contributed by atoms with Gasteiger partial charge in [-0.1, -0.05) is 6.07 Å². The van der Waals surface area contributed by atoms with Crippen molar-refractivity contribution >= 4 is 22.4 Å². The largest absolute Gasteiger partial charge is 0.497 e. The average molecular weight is 313 g/mol. The molecule has 4 nitrogen and oxygen atoms in total. The smallest absolute Gasteiger partial charge is 0.217 e. The summed E-state index contributed by atoms with van der Waals surface area (Å²) in [5, 5.41) is 3.66. The fraction of sp³-hybridized carbons (Fsp3) is 0.167. The molecular weight excluding hydrogens is 297 g/mol. The average Bonchev–Trinajstić information content (AvgIpc) is 2.89. The zero-order chi connectivity index (χ0) is 16.4. The van der Waals surface area contributed by atoms with Crippen molar-refractivity contribution in [3.8, 4) is 5.75 Å². The SMILES string of the molecule is COc1cccc(NCC(=O)c2oc3ccc(F)cc3c2C)c1. The number of fused-ring (bicyclic) bond motifs is 1. The summed E-state index contributed by atoms with van der Waals surface area (Å²) >= 11 is 0. The van der Waals surface area contributed by atoms with E-state index in [0.29, 0.717) is 22.3 Å². The summed E-state index contributed by atoms with van der Waals surface area (Å²) in [5.74, 6) is 0.413. The molecule has 1 N–H and O–H groups in total.